The Hall–Kier alpha value is -1.87. The maximum absolute atomic E-state index is 12.3. The van der Waals surface area contributed by atoms with E-state index in [-0.39, 0.29) is 31.9 Å². The van der Waals surface area contributed by atoms with Gasteiger partial charge in [-0.15, -0.1) is 12.4 Å². The fourth-order valence-corrected chi connectivity index (χ4v) is 2.19. The van der Waals surface area contributed by atoms with Gasteiger partial charge in [0.25, 0.3) is 0 Å². The average Bonchev–Trinajstić information content (AvgIpc) is 2.99. The quantitative estimate of drug-likeness (QED) is 0.470. The Bertz CT molecular complexity index is 451. The molecule has 132 valence electrons. The van der Waals surface area contributed by atoms with Crippen LogP contribution < -0.4 is 16.0 Å². The van der Waals surface area contributed by atoms with E-state index in [9.17, 15) is 19.2 Å². The lowest BCUT2D eigenvalue weighted by Gasteiger charge is -2.26. The molecule has 1 fully saturated rings. The highest BCUT2D eigenvalue weighted by molar-refractivity contribution is 5.92. The van der Waals surface area contributed by atoms with Crippen molar-refractivity contribution < 1.29 is 28.7 Å². The van der Waals surface area contributed by atoms with Crippen LogP contribution in [0.2, 0.25) is 0 Å². The van der Waals surface area contributed by atoms with Crippen LogP contribution in [-0.4, -0.2) is 64.2 Å². The topological polar surface area (TPSA) is 123 Å². The summed E-state index contributed by atoms with van der Waals surface area (Å²) in [5, 5.41) is 7.90. The van der Waals surface area contributed by atoms with E-state index in [2.05, 4.69) is 25.4 Å². The van der Waals surface area contributed by atoms with E-state index in [1.54, 1.807) is 0 Å². The molecule has 2 amide bonds. The molecule has 0 aromatic carbocycles. The van der Waals surface area contributed by atoms with Crippen molar-refractivity contribution in [3.8, 4) is 0 Å². The molecule has 1 atom stereocenters. The molecule has 1 aliphatic rings. The number of hydrogen-bond donors (Lipinski definition) is 3. The fourth-order valence-electron chi connectivity index (χ4n) is 2.19. The summed E-state index contributed by atoms with van der Waals surface area (Å²) in [6, 6.07) is 0. The third kappa shape index (κ3) is 6.41. The molecule has 0 aromatic heterocycles. The third-order valence-electron chi connectivity index (χ3n) is 3.50. The molecule has 1 heterocycles. The van der Waals surface area contributed by atoms with Gasteiger partial charge in [-0.2, -0.15) is 0 Å². The summed E-state index contributed by atoms with van der Waals surface area (Å²) < 4.78 is 8.88. The summed E-state index contributed by atoms with van der Waals surface area (Å²) in [5.74, 6) is -1.95. The lowest BCUT2D eigenvalue weighted by atomic mass is 9.82. The Balaban J connectivity index is 0.00000484. The summed E-state index contributed by atoms with van der Waals surface area (Å²) >= 11 is 0. The number of carbonyl (C=O) groups excluding carboxylic acids is 4. The molecule has 1 unspecified atom stereocenters. The molecule has 0 aromatic rings. The predicted molar refractivity (Wildman–Crippen MR) is 81.8 cm³/mol. The highest BCUT2D eigenvalue weighted by atomic mass is 35.5. The average molecular weight is 352 g/mol. The molecular weight excluding hydrogens is 330 g/mol. The summed E-state index contributed by atoms with van der Waals surface area (Å²) in [4.78, 5) is 46.3. The summed E-state index contributed by atoms with van der Waals surface area (Å²) in [5.41, 5.74) is -0.936. The molecule has 0 aliphatic carbocycles. The molecule has 1 rings (SSSR count). The Kier molecular flexibility index (Phi) is 9.19. The molecule has 9 nitrogen and oxygen atoms in total. The highest BCUT2D eigenvalue weighted by Crippen LogP contribution is 2.29. The highest BCUT2D eigenvalue weighted by Gasteiger charge is 2.43. The summed E-state index contributed by atoms with van der Waals surface area (Å²) in [6.45, 7) is 0.422. The normalized spacial score (nSPS) is 19.2. The number of amides is 2. The van der Waals surface area contributed by atoms with Gasteiger partial charge in [0.15, 0.2) is 0 Å². The van der Waals surface area contributed by atoms with Crippen LogP contribution in [0.3, 0.4) is 0 Å². The molecule has 0 bridgehead atoms. The van der Waals surface area contributed by atoms with E-state index in [0.29, 0.717) is 19.5 Å². The van der Waals surface area contributed by atoms with Crippen LogP contribution in [0.5, 0.6) is 0 Å². The van der Waals surface area contributed by atoms with E-state index in [1.165, 1.54) is 14.2 Å². The second-order valence-corrected chi connectivity index (χ2v) is 5.00. The Morgan fingerprint density at radius 3 is 2.09 bits per heavy atom. The van der Waals surface area contributed by atoms with Gasteiger partial charge in [-0.1, -0.05) is 0 Å². The van der Waals surface area contributed by atoms with Gasteiger partial charge < -0.3 is 25.4 Å². The van der Waals surface area contributed by atoms with Crippen molar-refractivity contribution in [3.05, 3.63) is 0 Å². The smallest absolute Gasteiger partial charge is 0.325 e. The van der Waals surface area contributed by atoms with Crippen molar-refractivity contribution in [2.24, 2.45) is 5.41 Å². The summed E-state index contributed by atoms with van der Waals surface area (Å²) in [6.07, 6.45) is 0.385. The molecule has 10 heteroatoms. The number of rotatable bonds is 7. The van der Waals surface area contributed by atoms with Crippen molar-refractivity contribution in [1.82, 2.24) is 16.0 Å². The number of carbonyl (C=O) groups is 4. The second-order valence-electron chi connectivity index (χ2n) is 5.00. The van der Waals surface area contributed by atoms with Gasteiger partial charge in [0, 0.05) is 13.0 Å². The number of halogens is 1. The van der Waals surface area contributed by atoms with E-state index in [1.807, 2.05) is 0 Å². The SMILES string of the molecule is COC(=O)CNC(=O)CC1(C(=O)NCC(=O)OC)CCNC1.Cl. The number of esters is 2. The monoisotopic (exact) mass is 351 g/mol. The van der Waals surface area contributed by atoms with E-state index >= 15 is 0 Å². The molecule has 0 spiro atoms. The Morgan fingerprint density at radius 2 is 1.61 bits per heavy atom. The number of ether oxygens (including phenoxy) is 2. The minimum Gasteiger partial charge on any atom is -0.468 e. The summed E-state index contributed by atoms with van der Waals surface area (Å²) in [7, 11) is 2.44. The van der Waals surface area contributed by atoms with Crippen LogP contribution in [0.15, 0.2) is 0 Å². The van der Waals surface area contributed by atoms with Gasteiger partial charge in [0.2, 0.25) is 11.8 Å². The van der Waals surface area contributed by atoms with Crippen molar-refractivity contribution in [3.63, 3.8) is 0 Å². The minimum atomic E-state index is -0.936. The van der Waals surface area contributed by atoms with E-state index in [4.69, 9.17) is 0 Å². The Labute approximate surface area is 140 Å². The Morgan fingerprint density at radius 1 is 1.04 bits per heavy atom. The van der Waals surface area contributed by atoms with Crippen LogP contribution >= 0.6 is 12.4 Å². The maximum atomic E-state index is 12.3. The van der Waals surface area contributed by atoms with Crippen molar-refractivity contribution >= 4 is 36.2 Å². The van der Waals surface area contributed by atoms with Crippen LogP contribution in [0.4, 0.5) is 0 Å². The predicted octanol–water partition coefficient (Wildman–Crippen LogP) is -1.64. The molecule has 23 heavy (non-hydrogen) atoms. The fraction of sp³-hybridized carbons (Fsp3) is 0.692. The molecule has 0 radical (unpaired) electrons. The standard InChI is InChI=1S/C13H21N3O6.ClH/c1-21-10(18)6-15-9(17)5-13(3-4-14-8-13)12(20)16-7-11(19)22-2;/h14H,3-8H2,1-2H3,(H,15,17)(H,16,20);1H. The zero-order valence-electron chi connectivity index (χ0n) is 13.1. The zero-order valence-corrected chi connectivity index (χ0v) is 13.9. The third-order valence-corrected chi connectivity index (χ3v) is 3.50. The number of nitrogens with one attached hydrogen (secondary N) is 3. The number of hydrogen-bond acceptors (Lipinski definition) is 7. The first-order valence-electron chi connectivity index (χ1n) is 6.83. The van der Waals surface area contributed by atoms with Crippen LogP contribution in [-0.2, 0) is 28.7 Å². The largest absolute Gasteiger partial charge is 0.468 e. The molecule has 1 aliphatic heterocycles. The molecule has 3 N–H and O–H groups in total. The maximum Gasteiger partial charge on any atom is 0.325 e. The first kappa shape index (κ1) is 21.1. The van der Waals surface area contributed by atoms with E-state index < -0.39 is 29.2 Å². The van der Waals surface area contributed by atoms with Gasteiger partial charge in [0.1, 0.15) is 13.1 Å². The van der Waals surface area contributed by atoms with Gasteiger partial charge in [-0.3, -0.25) is 19.2 Å². The van der Waals surface area contributed by atoms with Crippen molar-refractivity contribution in [2.45, 2.75) is 12.8 Å². The van der Waals surface area contributed by atoms with Gasteiger partial charge in [-0.25, -0.2) is 0 Å². The van der Waals surface area contributed by atoms with Crippen LogP contribution in [0.1, 0.15) is 12.8 Å². The van der Waals surface area contributed by atoms with Gasteiger partial charge in [-0.05, 0) is 13.0 Å². The first-order chi connectivity index (χ1) is 10.4. The lowest BCUT2D eigenvalue weighted by Crippen LogP contribution is -2.47. The van der Waals surface area contributed by atoms with Gasteiger partial charge >= 0.3 is 11.9 Å². The van der Waals surface area contributed by atoms with Crippen molar-refractivity contribution in [1.29, 1.82) is 0 Å². The lowest BCUT2D eigenvalue weighted by molar-refractivity contribution is -0.144. The van der Waals surface area contributed by atoms with Gasteiger partial charge in [0.05, 0.1) is 19.6 Å². The second kappa shape index (κ2) is 10.0. The molecule has 0 saturated carbocycles. The van der Waals surface area contributed by atoms with Crippen molar-refractivity contribution in [2.75, 3.05) is 40.4 Å². The molecule has 1 saturated heterocycles. The number of methoxy groups -OCH3 is 2. The molecular formula is C13H22ClN3O6. The first-order valence-corrected chi connectivity index (χ1v) is 6.83. The zero-order chi connectivity index (χ0) is 16.6. The van der Waals surface area contributed by atoms with Crippen LogP contribution in [0, 0.1) is 5.41 Å². The van der Waals surface area contributed by atoms with E-state index in [0.717, 1.165) is 0 Å². The minimum absolute atomic E-state index is 0. The van der Waals surface area contributed by atoms with Crippen LogP contribution in [0.25, 0.3) is 0 Å².